The quantitative estimate of drug-likeness (QED) is 0.192. The Kier molecular flexibility index (Phi) is 7.07. The fraction of sp³-hybridized carbons (Fsp3) is 0.125. The molecule has 46 heavy (non-hydrogen) atoms. The largest absolute Gasteiger partial charge is 0.508 e. The standard InChI is InChI=1S/C32H21F3N2O9/c33-32(34,35)30(44)37-13-15-1-3-16(4-2-15)27(40)36-14-20-24(39)10-9-22-26(20)45-25-12-18(38)6-8-21(25)31(22)23-11-17(28(41)42)5-7-19(23)29(43)46-31/h1-12,38-39H,13-14H2,(H,36,40)(H,37,44)(H,41,42). The van der Waals surface area contributed by atoms with Crippen LogP contribution in [0.25, 0.3) is 0 Å². The molecule has 2 heterocycles. The van der Waals surface area contributed by atoms with Crippen LogP contribution < -0.4 is 15.4 Å². The van der Waals surface area contributed by atoms with Crippen molar-refractivity contribution in [3.8, 4) is 23.0 Å². The number of hydrogen-bond donors (Lipinski definition) is 5. The van der Waals surface area contributed by atoms with Gasteiger partial charge in [0, 0.05) is 34.9 Å². The Balaban J connectivity index is 1.34. The Hall–Kier alpha value is -6.05. The van der Waals surface area contributed by atoms with Crippen molar-refractivity contribution in [3.05, 3.63) is 117 Å². The number of carboxylic acid groups (broad SMARTS) is 1. The lowest BCUT2D eigenvalue weighted by Crippen LogP contribution is -2.36. The number of phenolic OH excluding ortho intramolecular Hbond substituents is 2. The second-order valence-corrected chi connectivity index (χ2v) is 10.4. The fourth-order valence-corrected chi connectivity index (χ4v) is 5.45. The van der Waals surface area contributed by atoms with Crippen LogP contribution in [-0.4, -0.2) is 45.2 Å². The third-order valence-electron chi connectivity index (χ3n) is 7.64. The van der Waals surface area contributed by atoms with Crippen molar-refractivity contribution >= 4 is 23.8 Å². The summed E-state index contributed by atoms with van der Waals surface area (Å²) in [6.07, 6.45) is -5.03. The lowest BCUT2D eigenvalue weighted by molar-refractivity contribution is -0.173. The molecule has 14 heteroatoms. The zero-order chi connectivity index (χ0) is 33.0. The van der Waals surface area contributed by atoms with Gasteiger partial charge in [0.25, 0.3) is 5.91 Å². The smallest absolute Gasteiger partial charge is 0.471 e. The highest BCUT2D eigenvalue weighted by molar-refractivity contribution is 5.99. The average molecular weight is 635 g/mol. The minimum Gasteiger partial charge on any atom is -0.508 e. The Bertz CT molecular complexity index is 1960. The number of hydrogen-bond acceptors (Lipinski definition) is 8. The number of carboxylic acids is 1. The molecule has 2 aliphatic heterocycles. The summed E-state index contributed by atoms with van der Waals surface area (Å²) in [6, 6.07) is 16.1. The van der Waals surface area contributed by atoms with Crippen molar-refractivity contribution in [3.63, 3.8) is 0 Å². The molecule has 4 aromatic rings. The number of halogens is 3. The van der Waals surface area contributed by atoms with E-state index in [1.54, 1.807) is 5.32 Å². The van der Waals surface area contributed by atoms with Crippen LogP contribution in [0.15, 0.2) is 72.8 Å². The van der Waals surface area contributed by atoms with Crippen molar-refractivity contribution in [2.24, 2.45) is 0 Å². The van der Waals surface area contributed by atoms with Crippen LogP contribution in [-0.2, 0) is 28.2 Å². The van der Waals surface area contributed by atoms with E-state index in [9.17, 15) is 47.7 Å². The van der Waals surface area contributed by atoms with Crippen LogP contribution in [0.2, 0.25) is 0 Å². The first-order chi connectivity index (χ1) is 21.8. The number of phenols is 2. The van der Waals surface area contributed by atoms with Gasteiger partial charge >= 0.3 is 24.0 Å². The predicted octanol–water partition coefficient (Wildman–Crippen LogP) is 4.47. The predicted molar refractivity (Wildman–Crippen MR) is 151 cm³/mol. The second-order valence-electron chi connectivity index (χ2n) is 10.4. The van der Waals surface area contributed by atoms with E-state index >= 15 is 0 Å². The number of ether oxygens (including phenoxy) is 2. The van der Waals surface area contributed by atoms with Gasteiger partial charge in [-0.05, 0) is 60.2 Å². The van der Waals surface area contributed by atoms with Crippen molar-refractivity contribution in [1.82, 2.24) is 10.6 Å². The molecule has 0 bridgehead atoms. The number of aromatic carboxylic acids is 1. The molecular weight excluding hydrogens is 613 g/mol. The first-order valence-corrected chi connectivity index (χ1v) is 13.5. The third kappa shape index (κ3) is 4.99. The monoisotopic (exact) mass is 634 g/mol. The number of amides is 2. The van der Waals surface area contributed by atoms with Gasteiger partial charge in [0.15, 0.2) is 5.60 Å². The van der Waals surface area contributed by atoms with Crippen molar-refractivity contribution in [1.29, 1.82) is 0 Å². The number of aromatic hydroxyl groups is 2. The van der Waals surface area contributed by atoms with Crippen molar-refractivity contribution in [2.75, 3.05) is 0 Å². The van der Waals surface area contributed by atoms with Crippen LogP contribution in [0.3, 0.4) is 0 Å². The van der Waals surface area contributed by atoms with Gasteiger partial charge < -0.3 is 35.4 Å². The normalized spacial score (nSPS) is 16.0. The molecule has 2 amide bonds. The molecule has 1 unspecified atom stereocenters. The molecule has 1 atom stereocenters. The summed E-state index contributed by atoms with van der Waals surface area (Å²) in [4.78, 5) is 49.0. The van der Waals surface area contributed by atoms with E-state index in [-0.39, 0.29) is 68.5 Å². The number of carbonyl (C=O) groups is 4. The summed E-state index contributed by atoms with van der Waals surface area (Å²) in [5.74, 6) is -5.20. The highest BCUT2D eigenvalue weighted by atomic mass is 19.4. The molecule has 1 spiro atoms. The maximum absolute atomic E-state index is 13.1. The van der Waals surface area contributed by atoms with Gasteiger partial charge in [0.05, 0.1) is 23.2 Å². The first kappa shape index (κ1) is 30.0. The van der Waals surface area contributed by atoms with Gasteiger partial charge in [-0.3, -0.25) is 9.59 Å². The van der Waals surface area contributed by atoms with E-state index in [1.165, 1.54) is 72.8 Å². The van der Waals surface area contributed by atoms with Crippen molar-refractivity contribution < 1.29 is 57.1 Å². The molecule has 4 aromatic carbocycles. The number of rotatable bonds is 6. The van der Waals surface area contributed by atoms with Gasteiger partial charge in [-0.25, -0.2) is 9.59 Å². The van der Waals surface area contributed by atoms with Crippen LogP contribution >= 0.6 is 0 Å². The molecule has 0 aliphatic carbocycles. The number of alkyl halides is 3. The van der Waals surface area contributed by atoms with Crippen LogP contribution in [0.1, 0.15) is 58.9 Å². The highest BCUT2D eigenvalue weighted by Gasteiger charge is 2.54. The highest BCUT2D eigenvalue weighted by Crippen LogP contribution is 2.58. The van der Waals surface area contributed by atoms with Gasteiger partial charge in [-0.15, -0.1) is 0 Å². The number of esters is 1. The minimum atomic E-state index is -5.03. The van der Waals surface area contributed by atoms with E-state index in [0.717, 1.165) is 0 Å². The van der Waals surface area contributed by atoms with E-state index in [4.69, 9.17) is 9.47 Å². The van der Waals surface area contributed by atoms with Gasteiger partial charge in [0.1, 0.15) is 23.0 Å². The minimum absolute atomic E-state index is 0.0180. The Labute approximate surface area is 256 Å². The molecule has 234 valence electrons. The third-order valence-corrected chi connectivity index (χ3v) is 7.64. The summed E-state index contributed by atoms with van der Waals surface area (Å²) in [5, 5.41) is 35.1. The summed E-state index contributed by atoms with van der Waals surface area (Å²) in [6.45, 7) is -0.737. The van der Waals surface area contributed by atoms with Gasteiger partial charge in [0.2, 0.25) is 0 Å². The van der Waals surface area contributed by atoms with E-state index in [1.807, 2.05) is 0 Å². The molecule has 0 radical (unpaired) electrons. The van der Waals surface area contributed by atoms with Gasteiger partial charge in [-0.2, -0.15) is 13.2 Å². The molecule has 5 N–H and O–H groups in total. The number of carbonyl (C=O) groups excluding carboxylic acids is 3. The number of benzene rings is 4. The first-order valence-electron chi connectivity index (χ1n) is 13.5. The summed E-state index contributed by atoms with van der Waals surface area (Å²) in [7, 11) is 0. The molecule has 2 aliphatic rings. The Morgan fingerprint density at radius 3 is 2.20 bits per heavy atom. The second kappa shape index (κ2) is 10.8. The number of nitrogens with one attached hydrogen (secondary N) is 2. The average Bonchev–Trinajstić information content (AvgIpc) is 3.30. The molecular formula is C32H21F3N2O9. The molecule has 11 nitrogen and oxygen atoms in total. The van der Waals surface area contributed by atoms with E-state index < -0.39 is 42.1 Å². The zero-order valence-electron chi connectivity index (χ0n) is 23.3. The summed E-state index contributed by atoms with van der Waals surface area (Å²) < 4.78 is 49.4. The van der Waals surface area contributed by atoms with E-state index in [2.05, 4.69) is 5.32 Å². The fourth-order valence-electron chi connectivity index (χ4n) is 5.45. The molecule has 0 saturated heterocycles. The van der Waals surface area contributed by atoms with Crippen LogP contribution in [0, 0.1) is 0 Å². The lowest BCUT2D eigenvalue weighted by atomic mass is 9.76. The van der Waals surface area contributed by atoms with Crippen LogP contribution in [0.4, 0.5) is 13.2 Å². The summed E-state index contributed by atoms with van der Waals surface area (Å²) in [5.41, 5.74) is -0.591. The van der Waals surface area contributed by atoms with Crippen molar-refractivity contribution in [2.45, 2.75) is 24.9 Å². The molecule has 6 rings (SSSR count). The zero-order valence-corrected chi connectivity index (χ0v) is 23.3. The Morgan fingerprint density at radius 1 is 0.804 bits per heavy atom. The summed E-state index contributed by atoms with van der Waals surface area (Å²) >= 11 is 0. The maximum atomic E-state index is 13.1. The van der Waals surface area contributed by atoms with Gasteiger partial charge in [-0.1, -0.05) is 12.1 Å². The van der Waals surface area contributed by atoms with Crippen LogP contribution in [0.5, 0.6) is 23.0 Å². The molecule has 0 saturated carbocycles. The number of fused-ring (bicyclic) bond motifs is 6. The van der Waals surface area contributed by atoms with E-state index in [0.29, 0.717) is 5.56 Å². The molecule has 0 aromatic heterocycles. The SMILES string of the molecule is O=C(O)c1ccc2c(c1)C1(OC2=O)c2ccc(O)cc2Oc2c1ccc(O)c2CNC(=O)c1ccc(CNC(=O)C(F)(F)F)cc1. The lowest BCUT2D eigenvalue weighted by Gasteiger charge is -2.37. The Morgan fingerprint density at radius 2 is 1.50 bits per heavy atom. The topological polar surface area (TPSA) is 171 Å². The molecule has 0 fully saturated rings. The maximum Gasteiger partial charge on any atom is 0.471 e.